The molecule has 21 heavy (non-hydrogen) atoms. The van der Waals surface area contributed by atoms with Gasteiger partial charge in [-0.25, -0.2) is 0 Å². The minimum absolute atomic E-state index is 0.0653. The lowest BCUT2D eigenvalue weighted by Crippen LogP contribution is -2.47. The Kier molecular flexibility index (Phi) is 4.01. The minimum Gasteiger partial charge on any atom is -0.271 e. The first-order valence-electron chi connectivity index (χ1n) is 8.37. The van der Waals surface area contributed by atoms with E-state index in [1.165, 1.54) is 31.8 Å². The van der Waals surface area contributed by atoms with Gasteiger partial charge in [-0.05, 0) is 37.5 Å². The summed E-state index contributed by atoms with van der Waals surface area (Å²) in [6, 6.07) is 0.107. The molecule has 4 atom stereocenters. The van der Waals surface area contributed by atoms with Crippen LogP contribution in [0.5, 0.6) is 0 Å². The summed E-state index contributed by atoms with van der Waals surface area (Å²) in [6.07, 6.45) is 13.3. The van der Waals surface area contributed by atoms with Crippen LogP contribution in [-0.2, 0) is 9.59 Å². The summed E-state index contributed by atoms with van der Waals surface area (Å²) in [5.41, 5.74) is 0.594. The smallest absolute Gasteiger partial charge is 0.256 e. The number of carbonyl (C=O) groups is 2. The lowest BCUT2D eigenvalue weighted by atomic mass is 9.83. The SMILES string of the molecule is CCCCCCC1C2C=CC(C2)C1N1C(=O)C=C(C)C1=O. The predicted octanol–water partition coefficient (Wildman–Crippen LogP) is 3.46. The van der Waals surface area contributed by atoms with Gasteiger partial charge in [0.2, 0.25) is 0 Å². The van der Waals surface area contributed by atoms with Gasteiger partial charge in [0.15, 0.2) is 0 Å². The van der Waals surface area contributed by atoms with Crippen LogP contribution < -0.4 is 0 Å². The first-order chi connectivity index (χ1) is 10.1. The summed E-state index contributed by atoms with van der Waals surface area (Å²) < 4.78 is 0. The largest absolute Gasteiger partial charge is 0.271 e. The van der Waals surface area contributed by atoms with Crippen LogP contribution >= 0.6 is 0 Å². The van der Waals surface area contributed by atoms with Crippen LogP contribution in [0.15, 0.2) is 23.8 Å². The highest BCUT2D eigenvalue weighted by Crippen LogP contribution is 2.49. The van der Waals surface area contributed by atoms with Crippen LogP contribution in [0.2, 0.25) is 0 Å². The lowest BCUT2D eigenvalue weighted by Gasteiger charge is -2.34. The molecule has 3 nitrogen and oxygen atoms in total. The van der Waals surface area contributed by atoms with E-state index in [-0.39, 0.29) is 17.9 Å². The third-order valence-electron chi connectivity index (χ3n) is 5.40. The number of rotatable bonds is 6. The summed E-state index contributed by atoms with van der Waals surface area (Å²) in [7, 11) is 0. The van der Waals surface area contributed by atoms with Crippen molar-refractivity contribution in [2.24, 2.45) is 17.8 Å². The van der Waals surface area contributed by atoms with Gasteiger partial charge in [-0.3, -0.25) is 14.5 Å². The molecule has 1 saturated carbocycles. The fraction of sp³-hybridized carbons (Fsp3) is 0.667. The number of unbranched alkanes of at least 4 members (excludes halogenated alkanes) is 3. The fourth-order valence-electron chi connectivity index (χ4n) is 4.36. The van der Waals surface area contributed by atoms with Crippen molar-refractivity contribution in [2.45, 2.75) is 58.4 Å². The van der Waals surface area contributed by atoms with E-state index in [4.69, 9.17) is 0 Å². The van der Waals surface area contributed by atoms with Crippen LogP contribution in [0.3, 0.4) is 0 Å². The van der Waals surface area contributed by atoms with Crippen molar-refractivity contribution in [3.05, 3.63) is 23.8 Å². The first kappa shape index (κ1) is 14.6. The zero-order valence-electron chi connectivity index (χ0n) is 13.0. The number of amides is 2. The van der Waals surface area contributed by atoms with Gasteiger partial charge in [0.25, 0.3) is 11.8 Å². The molecule has 0 aromatic heterocycles. The summed E-state index contributed by atoms with van der Waals surface area (Å²) in [5.74, 6) is 1.28. The molecule has 1 aliphatic heterocycles. The zero-order valence-corrected chi connectivity index (χ0v) is 13.0. The van der Waals surface area contributed by atoms with Crippen molar-refractivity contribution < 1.29 is 9.59 Å². The molecule has 3 heteroatoms. The van der Waals surface area contributed by atoms with E-state index in [1.54, 1.807) is 11.8 Å². The third-order valence-corrected chi connectivity index (χ3v) is 5.40. The molecular weight excluding hydrogens is 262 g/mol. The fourth-order valence-corrected chi connectivity index (χ4v) is 4.36. The first-order valence-corrected chi connectivity index (χ1v) is 8.37. The molecule has 2 aliphatic carbocycles. The van der Waals surface area contributed by atoms with Crippen LogP contribution in [0, 0.1) is 17.8 Å². The summed E-state index contributed by atoms with van der Waals surface area (Å²) in [6.45, 7) is 3.97. The molecule has 3 rings (SSSR count). The Hall–Kier alpha value is -1.38. The van der Waals surface area contributed by atoms with Gasteiger partial charge in [0, 0.05) is 17.7 Å². The van der Waals surface area contributed by atoms with Gasteiger partial charge in [0.05, 0.1) is 0 Å². The summed E-state index contributed by atoms with van der Waals surface area (Å²) >= 11 is 0. The van der Waals surface area contributed by atoms with Gasteiger partial charge in [-0.1, -0.05) is 44.8 Å². The second-order valence-corrected chi connectivity index (χ2v) is 6.79. The van der Waals surface area contributed by atoms with Crippen molar-refractivity contribution in [1.29, 1.82) is 0 Å². The van der Waals surface area contributed by atoms with E-state index >= 15 is 0 Å². The summed E-state index contributed by atoms with van der Waals surface area (Å²) in [5, 5.41) is 0. The topological polar surface area (TPSA) is 37.4 Å². The molecule has 0 aromatic carbocycles. The van der Waals surface area contributed by atoms with Gasteiger partial charge >= 0.3 is 0 Å². The van der Waals surface area contributed by atoms with E-state index in [0.29, 0.717) is 23.3 Å². The van der Waals surface area contributed by atoms with Crippen LogP contribution in [0.1, 0.15) is 52.4 Å². The van der Waals surface area contributed by atoms with Gasteiger partial charge in [-0.2, -0.15) is 0 Å². The van der Waals surface area contributed by atoms with Crippen LogP contribution in [0.25, 0.3) is 0 Å². The van der Waals surface area contributed by atoms with Gasteiger partial charge < -0.3 is 0 Å². The standard InChI is InChI=1S/C18H25NO2/c1-3-4-5-6-7-15-13-8-9-14(11-13)17(15)19-16(20)10-12(2)18(19)21/h8-10,13-15,17H,3-7,11H2,1-2H3. The minimum atomic E-state index is -0.0954. The van der Waals surface area contributed by atoms with Crippen molar-refractivity contribution in [3.63, 3.8) is 0 Å². The third kappa shape index (κ3) is 2.47. The molecule has 0 spiro atoms. The quantitative estimate of drug-likeness (QED) is 0.426. The highest BCUT2D eigenvalue weighted by Gasteiger charge is 2.50. The number of allylic oxidation sites excluding steroid dienone is 1. The Morgan fingerprint density at radius 2 is 1.90 bits per heavy atom. The Morgan fingerprint density at radius 3 is 2.57 bits per heavy atom. The maximum atomic E-state index is 12.3. The number of fused-ring (bicyclic) bond motifs is 2. The number of imide groups is 1. The molecule has 2 bridgehead atoms. The molecule has 2 amide bonds. The van der Waals surface area contributed by atoms with E-state index in [9.17, 15) is 9.59 Å². The highest BCUT2D eigenvalue weighted by atomic mass is 16.2. The van der Waals surface area contributed by atoms with Crippen molar-refractivity contribution in [1.82, 2.24) is 4.90 Å². The summed E-state index contributed by atoms with van der Waals surface area (Å²) in [4.78, 5) is 26.1. The molecular formula is C18H25NO2. The normalized spacial score (nSPS) is 34.2. The zero-order chi connectivity index (χ0) is 15.0. The van der Waals surface area contributed by atoms with E-state index in [0.717, 1.165) is 12.8 Å². The molecule has 0 saturated heterocycles. The second-order valence-electron chi connectivity index (χ2n) is 6.79. The van der Waals surface area contributed by atoms with E-state index in [2.05, 4.69) is 19.1 Å². The number of nitrogens with zero attached hydrogens (tertiary/aromatic N) is 1. The van der Waals surface area contributed by atoms with Crippen molar-refractivity contribution in [2.75, 3.05) is 0 Å². The average Bonchev–Trinajstić information content (AvgIpc) is 3.11. The lowest BCUT2D eigenvalue weighted by molar-refractivity contribution is -0.141. The van der Waals surface area contributed by atoms with E-state index < -0.39 is 0 Å². The molecule has 0 N–H and O–H groups in total. The number of carbonyl (C=O) groups excluding carboxylic acids is 2. The highest BCUT2D eigenvalue weighted by molar-refractivity contribution is 6.16. The molecule has 114 valence electrons. The Bertz CT molecular complexity index is 505. The predicted molar refractivity (Wildman–Crippen MR) is 82.4 cm³/mol. The molecule has 0 radical (unpaired) electrons. The van der Waals surface area contributed by atoms with Gasteiger partial charge in [-0.15, -0.1) is 0 Å². The Morgan fingerprint density at radius 1 is 1.14 bits per heavy atom. The monoisotopic (exact) mass is 287 g/mol. The van der Waals surface area contributed by atoms with Crippen molar-refractivity contribution >= 4 is 11.8 Å². The Balaban J connectivity index is 1.72. The van der Waals surface area contributed by atoms with Crippen LogP contribution in [0.4, 0.5) is 0 Å². The molecule has 1 heterocycles. The van der Waals surface area contributed by atoms with Gasteiger partial charge in [0.1, 0.15) is 0 Å². The average molecular weight is 287 g/mol. The Labute approximate surface area is 127 Å². The second kappa shape index (κ2) is 5.78. The molecule has 4 unspecified atom stereocenters. The van der Waals surface area contributed by atoms with E-state index in [1.807, 2.05) is 0 Å². The maximum absolute atomic E-state index is 12.3. The maximum Gasteiger partial charge on any atom is 0.256 e. The molecule has 0 aromatic rings. The number of hydrogen-bond acceptors (Lipinski definition) is 2. The molecule has 1 fully saturated rings. The number of hydrogen-bond donors (Lipinski definition) is 0. The van der Waals surface area contributed by atoms with Crippen molar-refractivity contribution in [3.8, 4) is 0 Å². The molecule has 3 aliphatic rings. The van der Waals surface area contributed by atoms with Crippen LogP contribution in [-0.4, -0.2) is 22.8 Å².